The molecule has 0 amide bonds. The molecule has 0 fully saturated rings. The highest BCUT2D eigenvalue weighted by atomic mass is 19.1. The van der Waals surface area contributed by atoms with Crippen LogP contribution in [0, 0.1) is 5.82 Å². The maximum absolute atomic E-state index is 13.6. The minimum atomic E-state index is -0.195. The highest BCUT2D eigenvalue weighted by Gasteiger charge is 2.16. The fourth-order valence-corrected chi connectivity index (χ4v) is 2.55. The van der Waals surface area contributed by atoms with E-state index in [1.165, 1.54) is 17.2 Å². The maximum Gasteiger partial charge on any atom is 0.123 e. The van der Waals surface area contributed by atoms with Crippen LogP contribution < -0.4 is 0 Å². The predicted molar refractivity (Wildman–Crippen MR) is 80.2 cm³/mol. The van der Waals surface area contributed by atoms with E-state index < -0.39 is 0 Å². The zero-order valence-electron chi connectivity index (χ0n) is 11.0. The number of hydrogen-bond donors (Lipinski definition) is 0. The second-order valence-electron chi connectivity index (χ2n) is 4.81. The van der Waals surface area contributed by atoms with Crippen molar-refractivity contribution in [3.8, 4) is 0 Å². The van der Waals surface area contributed by atoms with Crippen molar-refractivity contribution in [1.29, 1.82) is 0 Å². The van der Waals surface area contributed by atoms with Crippen molar-refractivity contribution in [2.45, 2.75) is 5.92 Å². The molecule has 3 aromatic carbocycles. The minimum Gasteiger partial charge on any atom is -0.207 e. The Bertz CT molecular complexity index is 635. The van der Waals surface area contributed by atoms with E-state index in [9.17, 15) is 4.39 Å². The van der Waals surface area contributed by atoms with E-state index >= 15 is 0 Å². The van der Waals surface area contributed by atoms with Gasteiger partial charge in [-0.1, -0.05) is 72.8 Å². The molecule has 98 valence electrons. The van der Waals surface area contributed by atoms with Crippen LogP contribution in [0.3, 0.4) is 0 Å². The monoisotopic (exact) mass is 262 g/mol. The SMILES string of the molecule is Fc1cccc(C(c2ccccc2)c2ccccc2)c1. The Morgan fingerprint density at radius 3 is 1.55 bits per heavy atom. The molecule has 0 aliphatic heterocycles. The molecule has 0 spiro atoms. The summed E-state index contributed by atoms with van der Waals surface area (Å²) in [5.41, 5.74) is 3.32. The molecule has 1 heteroatoms. The zero-order valence-corrected chi connectivity index (χ0v) is 11.0. The summed E-state index contributed by atoms with van der Waals surface area (Å²) in [5.74, 6) is -0.132. The molecule has 20 heavy (non-hydrogen) atoms. The van der Waals surface area contributed by atoms with Crippen LogP contribution in [0.25, 0.3) is 0 Å². The van der Waals surface area contributed by atoms with Crippen LogP contribution in [-0.2, 0) is 0 Å². The molecule has 0 N–H and O–H groups in total. The maximum atomic E-state index is 13.6. The van der Waals surface area contributed by atoms with Crippen molar-refractivity contribution in [1.82, 2.24) is 0 Å². The van der Waals surface area contributed by atoms with Crippen LogP contribution in [0.5, 0.6) is 0 Å². The smallest absolute Gasteiger partial charge is 0.123 e. The van der Waals surface area contributed by atoms with E-state index in [0.29, 0.717) is 0 Å². The predicted octanol–water partition coefficient (Wildman–Crippen LogP) is 5.01. The van der Waals surface area contributed by atoms with Crippen molar-refractivity contribution in [2.75, 3.05) is 0 Å². The van der Waals surface area contributed by atoms with Gasteiger partial charge in [0.1, 0.15) is 5.82 Å². The van der Waals surface area contributed by atoms with Gasteiger partial charge in [0.05, 0.1) is 0 Å². The first kappa shape index (κ1) is 12.6. The number of benzene rings is 3. The highest BCUT2D eigenvalue weighted by molar-refractivity contribution is 5.42. The van der Waals surface area contributed by atoms with Crippen LogP contribution in [0.4, 0.5) is 4.39 Å². The Kier molecular flexibility index (Phi) is 3.60. The fraction of sp³-hybridized carbons (Fsp3) is 0.0526. The lowest BCUT2D eigenvalue weighted by molar-refractivity contribution is 0.625. The summed E-state index contributed by atoms with van der Waals surface area (Å²) < 4.78 is 13.6. The standard InChI is InChI=1S/C19H15F/c20-18-13-7-12-17(14-18)19(15-8-3-1-4-9-15)16-10-5-2-6-11-16/h1-14,19H. The van der Waals surface area contributed by atoms with Crippen molar-refractivity contribution < 1.29 is 4.39 Å². The van der Waals surface area contributed by atoms with Gasteiger partial charge in [-0.15, -0.1) is 0 Å². The number of halogens is 1. The third-order valence-corrected chi connectivity index (χ3v) is 3.45. The Morgan fingerprint density at radius 2 is 1.05 bits per heavy atom. The largest absolute Gasteiger partial charge is 0.207 e. The molecule has 3 rings (SSSR count). The van der Waals surface area contributed by atoms with E-state index in [-0.39, 0.29) is 11.7 Å². The summed E-state index contributed by atoms with van der Waals surface area (Å²) in [5, 5.41) is 0. The molecule has 0 nitrogen and oxygen atoms in total. The van der Waals surface area contributed by atoms with Crippen LogP contribution >= 0.6 is 0 Å². The number of rotatable bonds is 3. The molecule has 0 heterocycles. The molecular weight excluding hydrogens is 247 g/mol. The Hall–Kier alpha value is -2.41. The van der Waals surface area contributed by atoms with Crippen LogP contribution in [0.1, 0.15) is 22.6 Å². The average Bonchev–Trinajstić information content (AvgIpc) is 2.50. The van der Waals surface area contributed by atoms with Gasteiger partial charge in [-0.3, -0.25) is 0 Å². The van der Waals surface area contributed by atoms with Gasteiger partial charge in [-0.25, -0.2) is 4.39 Å². The quantitative estimate of drug-likeness (QED) is 0.582. The first-order valence-corrected chi connectivity index (χ1v) is 6.70. The van der Waals surface area contributed by atoms with E-state index in [1.54, 1.807) is 12.1 Å². The summed E-state index contributed by atoms with van der Waals surface area (Å²) in [6.07, 6.45) is 0. The highest BCUT2D eigenvalue weighted by Crippen LogP contribution is 2.31. The van der Waals surface area contributed by atoms with Gasteiger partial charge in [0.25, 0.3) is 0 Å². The van der Waals surface area contributed by atoms with Gasteiger partial charge in [-0.2, -0.15) is 0 Å². The molecule has 0 atom stereocenters. The molecule has 0 saturated carbocycles. The number of hydrogen-bond acceptors (Lipinski definition) is 0. The third-order valence-electron chi connectivity index (χ3n) is 3.45. The Morgan fingerprint density at radius 1 is 0.550 bits per heavy atom. The zero-order chi connectivity index (χ0) is 13.8. The first-order chi connectivity index (χ1) is 9.84. The molecular formula is C19H15F. The first-order valence-electron chi connectivity index (χ1n) is 6.70. The third kappa shape index (κ3) is 2.62. The van der Waals surface area contributed by atoms with Crippen LogP contribution in [-0.4, -0.2) is 0 Å². The van der Waals surface area contributed by atoms with Crippen molar-refractivity contribution in [3.63, 3.8) is 0 Å². The van der Waals surface area contributed by atoms with E-state index in [1.807, 2.05) is 42.5 Å². The lowest BCUT2D eigenvalue weighted by atomic mass is 9.85. The summed E-state index contributed by atoms with van der Waals surface area (Å²) in [6.45, 7) is 0. The van der Waals surface area contributed by atoms with Gasteiger partial charge in [-0.05, 0) is 28.8 Å². The van der Waals surface area contributed by atoms with Gasteiger partial charge >= 0.3 is 0 Å². The van der Waals surface area contributed by atoms with Crippen molar-refractivity contribution in [3.05, 3.63) is 107 Å². The van der Waals surface area contributed by atoms with Gasteiger partial charge in [0.2, 0.25) is 0 Å². The molecule has 0 aromatic heterocycles. The second-order valence-corrected chi connectivity index (χ2v) is 4.81. The minimum absolute atomic E-state index is 0.0631. The Balaban J connectivity index is 2.14. The fourth-order valence-electron chi connectivity index (χ4n) is 2.55. The van der Waals surface area contributed by atoms with Gasteiger partial charge in [0.15, 0.2) is 0 Å². The Labute approximate surface area is 118 Å². The molecule has 0 unspecified atom stereocenters. The lowest BCUT2D eigenvalue weighted by Gasteiger charge is -2.18. The molecule has 0 aliphatic rings. The van der Waals surface area contributed by atoms with E-state index in [2.05, 4.69) is 24.3 Å². The van der Waals surface area contributed by atoms with Gasteiger partial charge in [0, 0.05) is 5.92 Å². The van der Waals surface area contributed by atoms with Crippen LogP contribution in [0.2, 0.25) is 0 Å². The lowest BCUT2D eigenvalue weighted by Crippen LogP contribution is -2.03. The summed E-state index contributed by atoms with van der Waals surface area (Å²) >= 11 is 0. The summed E-state index contributed by atoms with van der Waals surface area (Å²) in [6, 6.07) is 27.3. The van der Waals surface area contributed by atoms with E-state index in [4.69, 9.17) is 0 Å². The van der Waals surface area contributed by atoms with Gasteiger partial charge < -0.3 is 0 Å². The summed E-state index contributed by atoms with van der Waals surface area (Å²) in [7, 11) is 0. The second kappa shape index (κ2) is 5.70. The molecule has 0 saturated heterocycles. The average molecular weight is 262 g/mol. The molecule has 0 radical (unpaired) electrons. The topological polar surface area (TPSA) is 0 Å². The van der Waals surface area contributed by atoms with Crippen molar-refractivity contribution in [2.24, 2.45) is 0 Å². The normalized spacial score (nSPS) is 10.7. The van der Waals surface area contributed by atoms with Crippen LogP contribution in [0.15, 0.2) is 84.9 Å². The van der Waals surface area contributed by atoms with E-state index in [0.717, 1.165) is 5.56 Å². The summed E-state index contributed by atoms with van der Waals surface area (Å²) in [4.78, 5) is 0. The molecule has 0 bridgehead atoms. The molecule has 0 aliphatic carbocycles. The van der Waals surface area contributed by atoms with Crippen molar-refractivity contribution >= 4 is 0 Å². The molecule has 3 aromatic rings.